The van der Waals surface area contributed by atoms with Gasteiger partial charge in [0, 0.05) is 5.57 Å². The molecule has 0 aromatic heterocycles. The zero-order valence-corrected chi connectivity index (χ0v) is 10.7. The predicted octanol–water partition coefficient (Wildman–Crippen LogP) is 1.63. The van der Waals surface area contributed by atoms with E-state index in [4.69, 9.17) is 9.79 Å². The Kier molecular flexibility index (Phi) is 10.6. The number of hydrogen-bond donors (Lipinski definition) is 2. The van der Waals surface area contributed by atoms with Crippen LogP contribution in [0.1, 0.15) is 27.2 Å². The minimum absolute atomic E-state index is 0.0459. The fraction of sp³-hybridized carbons (Fsp3) is 0.667. The van der Waals surface area contributed by atoms with Crippen LogP contribution in [-0.4, -0.2) is 29.0 Å². The van der Waals surface area contributed by atoms with Crippen molar-refractivity contribution in [3.63, 3.8) is 0 Å². The van der Waals surface area contributed by atoms with Crippen LogP contribution in [0.3, 0.4) is 0 Å². The van der Waals surface area contributed by atoms with E-state index in [1.54, 1.807) is 6.92 Å². The molecule has 0 radical (unpaired) electrons. The maximum Gasteiger partial charge on any atom is 0.469 e. The zero-order valence-electron chi connectivity index (χ0n) is 9.80. The monoisotopic (exact) mass is 254 g/mol. The number of ether oxygens (including phenoxy) is 1. The minimum Gasteiger partial charge on any atom is -0.463 e. The van der Waals surface area contributed by atoms with Crippen molar-refractivity contribution in [3.8, 4) is 0 Å². The average Bonchev–Trinajstić information content (AvgIpc) is 2.16. The molecule has 0 bridgehead atoms. The van der Waals surface area contributed by atoms with E-state index < -0.39 is 7.82 Å². The van der Waals surface area contributed by atoms with Gasteiger partial charge >= 0.3 is 13.8 Å². The molecule has 16 heavy (non-hydrogen) atoms. The highest BCUT2D eigenvalue weighted by Gasteiger charge is 2.10. The van der Waals surface area contributed by atoms with Gasteiger partial charge in [0.15, 0.2) is 0 Å². The summed E-state index contributed by atoms with van der Waals surface area (Å²) in [6, 6.07) is 0. The highest BCUT2D eigenvalue weighted by Crippen LogP contribution is 2.34. The molecule has 0 unspecified atom stereocenters. The fourth-order valence-electron chi connectivity index (χ4n) is 0.546. The number of hydrogen-bond acceptors (Lipinski definition) is 4. The van der Waals surface area contributed by atoms with Gasteiger partial charge in [0.2, 0.25) is 0 Å². The lowest BCUT2D eigenvalue weighted by molar-refractivity contribution is -0.138. The van der Waals surface area contributed by atoms with Crippen molar-refractivity contribution in [2.75, 3.05) is 13.2 Å². The fourth-order valence-corrected chi connectivity index (χ4v) is 0.882. The van der Waals surface area contributed by atoms with E-state index >= 15 is 0 Å². The zero-order chi connectivity index (χ0) is 13.2. The molecule has 6 nitrogen and oxygen atoms in total. The van der Waals surface area contributed by atoms with Gasteiger partial charge in [-0.1, -0.05) is 13.5 Å². The molecule has 0 aromatic rings. The molecular weight excluding hydrogens is 235 g/mol. The summed E-state index contributed by atoms with van der Waals surface area (Å²) in [7, 11) is -4.17. The first-order valence-corrected chi connectivity index (χ1v) is 6.36. The predicted molar refractivity (Wildman–Crippen MR) is 59.7 cm³/mol. The number of phosphoric acid groups is 1. The molecule has 0 rings (SSSR count). The van der Waals surface area contributed by atoms with Gasteiger partial charge in [0.25, 0.3) is 0 Å². The Morgan fingerprint density at radius 1 is 1.25 bits per heavy atom. The SMILES string of the molecule is C=C(CC)C(=O)OCC.CCOP(=O)(O)O. The molecule has 2 N–H and O–H groups in total. The van der Waals surface area contributed by atoms with Crippen molar-refractivity contribution in [2.24, 2.45) is 0 Å². The van der Waals surface area contributed by atoms with Gasteiger partial charge in [0.05, 0.1) is 13.2 Å². The first-order chi connectivity index (χ1) is 7.28. The number of carbonyl (C=O) groups excluding carboxylic acids is 1. The normalized spacial score (nSPS) is 10.1. The van der Waals surface area contributed by atoms with Gasteiger partial charge in [-0.25, -0.2) is 9.36 Å². The molecular formula is C9H19O6P. The van der Waals surface area contributed by atoms with Crippen LogP contribution in [-0.2, 0) is 18.6 Å². The average molecular weight is 254 g/mol. The third kappa shape index (κ3) is 13.3. The van der Waals surface area contributed by atoms with Crippen molar-refractivity contribution in [3.05, 3.63) is 12.2 Å². The quantitative estimate of drug-likeness (QED) is 0.440. The number of phosphoric ester groups is 1. The Morgan fingerprint density at radius 2 is 1.75 bits per heavy atom. The molecule has 0 amide bonds. The molecule has 0 heterocycles. The topological polar surface area (TPSA) is 93.1 Å². The maximum atomic E-state index is 10.7. The van der Waals surface area contributed by atoms with E-state index in [-0.39, 0.29) is 12.6 Å². The maximum absolute atomic E-state index is 10.7. The molecule has 7 heteroatoms. The molecule has 0 aliphatic heterocycles. The Morgan fingerprint density at radius 3 is 1.94 bits per heavy atom. The molecule has 0 fully saturated rings. The van der Waals surface area contributed by atoms with Crippen molar-refractivity contribution in [2.45, 2.75) is 27.2 Å². The van der Waals surface area contributed by atoms with Gasteiger partial charge in [0.1, 0.15) is 0 Å². The molecule has 0 saturated heterocycles. The summed E-state index contributed by atoms with van der Waals surface area (Å²) in [5, 5.41) is 0. The van der Waals surface area contributed by atoms with Crippen molar-refractivity contribution in [1.82, 2.24) is 0 Å². The second kappa shape index (κ2) is 9.54. The van der Waals surface area contributed by atoms with E-state index in [9.17, 15) is 9.36 Å². The molecule has 0 aliphatic rings. The van der Waals surface area contributed by atoms with E-state index in [0.717, 1.165) is 0 Å². The lowest BCUT2D eigenvalue weighted by Gasteiger charge is -1.99. The summed E-state index contributed by atoms with van der Waals surface area (Å²) in [5.41, 5.74) is 0.539. The molecule has 0 saturated carbocycles. The third-order valence-corrected chi connectivity index (χ3v) is 1.88. The van der Waals surface area contributed by atoms with E-state index in [2.05, 4.69) is 15.8 Å². The summed E-state index contributed by atoms with van der Waals surface area (Å²) < 4.78 is 18.3. The lowest BCUT2D eigenvalue weighted by Crippen LogP contribution is -2.05. The van der Waals surface area contributed by atoms with Gasteiger partial charge in [-0.05, 0) is 20.3 Å². The largest absolute Gasteiger partial charge is 0.469 e. The number of esters is 1. The summed E-state index contributed by atoms with van der Waals surface area (Å²) in [6.45, 7) is 9.16. The second-order valence-corrected chi connectivity index (χ2v) is 3.83. The van der Waals surface area contributed by atoms with Crippen molar-refractivity contribution < 1.29 is 28.4 Å². The Balaban J connectivity index is 0. The Bertz CT molecular complexity index is 257. The molecule has 0 aromatic carbocycles. The molecule has 0 atom stereocenters. The Labute approximate surface area is 95.5 Å². The second-order valence-electron chi connectivity index (χ2n) is 2.59. The number of carbonyl (C=O) groups is 1. The van der Waals surface area contributed by atoms with Gasteiger partial charge in [-0.2, -0.15) is 0 Å². The van der Waals surface area contributed by atoms with Crippen LogP contribution in [0.15, 0.2) is 12.2 Å². The molecule has 0 aliphatic carbocycles. The number of rotatable bonds is 5. The van der Waals surface area contributed by atoms with Crippen LogP contribution in [0.2, 0.25) is 0 Å². The molecule has 96 valence electrons. The summed E-state index contributed by atoms with van der Waals surface area (Å²) in [6.07, 6.45) is 0.666. The lowest BCUT2D eigenvalue weighted by atomic mass is 10.2. The first-order valence-electron chi connectivity index (χ1n) is 4.83. The summed E-state index contributed by atoms with van der Waals surface area (Å²) >= 11 is 0. The minimum atomic E-state index is -4.17. The summed E-state index contributed by atoms with van der Waals surface area (Å²) in [5.74, 6) is -0.278. The standard InChI is InChI=1S/C7H12O2.C2H7O4P/c1-4-6(3)7(8)9-5-2;1-2-6-7(3,4)5/h3-5H2,1-2H3;2H2,1H3,(H2,3,4,5). The summed E-state index contributed by atoms with van der Waals surface area (Å²) in [4.78, 5) is 26.5. The third-order valence-electron chi connectivity index (χ3n) is 1.29. The van der Waals surface area contributed by atoms with Crippen LogP contribution in [0, 0.1) is 0 Å². The van der Waals surface area contributed by atoms with Crippen molar-refractivity contribution >= 4 is 13.8 Å². The Hall–Kier alpha value is -0.680. The van der Waals surface area contributed by atoms with Gasteiger partial charge in [-0.3, -0.25) is 4.52 Å². The van der Waals surface area contributed by atoms with Crippen LogP contribution in [0.4, 0.5) is 0 Å². The van der Waals surface area contributed by atoms with Gasteiger partial charge < -0.3 is 14.5 Å². The highest BCUT2D eigenvalue weighted by molar-refractivity contribution is 7.46. The van der Waals surface area contributed by atoms with Gasteiger partial charge in [-0.15, -0.1) is 0 Å². The van der Waals surface area contributed by atoms with E-state index in [1.807, 2.05) is 6.92 Å². The molecule has 0 spiro atoms. The van der Waals surface area contributed by atoms with E-state index in [0.29, 0.717) is 18.6 Å². The first kappa shape index (κ1) is 17.7. The van der Waals surface area contributed by atoms with Crippen molar-refractivity contribution in [1.29, 1.82) is 0 Å². The highest BCUT2D eigenvalue weighted by atomic mass is 31.2. The van der Waals surface area contributed by atoms with Crippen LogP contribution >= 0.6 is 7.82 Å². The van der Waals surface area contributed by atoms with E-state index in [1.165, 1.54) is 6.92 Å². The van der Waals surface area contributed by atoms with Crippen LogP contribution < -0.4 is 0 Å². The smallest absolute Gasteiger partial charge is 0.463 e. The van der Waals surface area contributed by atoms with Crippen LogP contribution in [0.25, 0.3) is 0 Å². The van der Waals surface area contributed by atoms with Crippen LogP contribution in [0.5, 0.6) is 0 Å².